The number of nitrogens with zero attached hydrogens (tertiary/aromatic N) is 1. The molecule has 0 unspecified atom stereocenters. The molecule has 1 aromatic carbocycles. The van der Waals surface area contributed by atoms with Gasteiger partial charge in [0.2, 0.25) is 0 Å². The van der Waals surface area contributed by atoms with Crippen LogP contribution in [0, 0.1) is 0 Å². The van der Waals surface area contributed by atoms with Gasteiger partial charge in [-0.2, -0.15) is 0 Å². The number of piperazine rings is 1. The van der Waals surface area contributed by atoms with Crippen LogP contribution in [0.2, 0.25) is 0 Å². The number of aromatic carboxylic acids is 1. The van der Waals surface area contributed by atoms with Gasteiger partial charge in [0.15, 0.2) is 0 Å². The van der Waals surface area contributed by atoms with Gasteiger partial charge in [-0.15, -0.1) is 0 Å². The van der Waals surface area contributed by atoms with Crippen molar-refractivity contribution < 1.29 is 9.90 Å². The normalized spacial score (nSPS) is 19.4. The van der Waals surface area contributed by atoms with Crippen molar-refractivity contribution in [1.82, 2.24) is 5.32 Å². The molecule has 4 heteroatoms. The molecule has 1 aliphatic rings. The van der Waals surface area contributed by atoms with Crippen molar-refractivity contribution >= 4 is 11.7 Å². The second kappa shape index (κ2) is 6.57. The molecule has 1 atom stereocenters. The van der Waals surface area contributed by atoms with Crippen LogP contribution in [-0.2, 0) is 0 Å². The number of carboxylic acids is 1. The highest BCUT2D eigenvalue weighted by atomic mass is 16.4. The molecule has 2 rings (SSSR count). The Morgan fingerprint density at radius 2 is 2.26 bits per heavy atom. The zero-order valence-electron chi connectivity index (χ0n) is 11.4. The van der Waals surface area contributed by atoms with Crippen LogP contribution in [0.3, 0.4) is 0 Å². The van der Waals surface area contributed by atoms with Crippen molar-refractivity contribution in [2.45, 2.75) is 32.2 Å². The highest BCUT2D eigenvalue weighted by Gasteiger charge is 2.22. The van der Waals surface area contributed by atoms with Crippen molar-refractivity contribution in [3.63, 3.8) is 0 Å². The van der Waals surface area contributed by atoms with Crippen LogP contribution in [0.25, 0.3) is 0 Å². The van der Waals surface area contributed by atoms with Gasteiger partial charge in [-0.05, 0) is 18.6 Å². The summed E-state index contributed by atoms with van der Waals surface area (Å²) in [4.78, 5) is 13.5. The topological polar surface area (TPSA) is 52.6 Å². The van der Waals surface area contributed by atoms with Crippen LogP contribution in [0.5, 0.6) is 0 Å². The number of benzene rings is 1. The first-order valence-electron chi connectivity index (χ1n) is 7.03. The monoisotopic (exact) mass is 262 g/mol. The van der Waals surface area contributed by atoms with Gasteiger partial charge >= 0.3 is 5.97 Å². The molecule has 0 aliphatic carbocycles. The second-order valence-corrected chi connectivity index (χ2v) is 5.06. The molecule has 0 radical (unpaired) electrons. The lowest BCUT2D eigenvalue weighted by atomic mass is 10.1. The minimum absolute atomic E-state index is 0.402. The summed E-state index contributed by atoms with van der Waals surface area (Å²) in [6, 6.07) is 7.75. The predicted molar refractivity (Wildman–Crippen MR) is 76.9 cm³/mol. The maximum atomic E-state index is 11.3. The fraction of sp³-hybridized carbons (Fsp3) is 0.533. The van der Waals surface area contributed by atoms with E-state index in [9.17, 15) is 9.90 Å². The Morgan fingerprint density at radius 1 is 1.47 bits per heavy atom. The Kier molecular flexibility index (Phi) is 4.80. The van der Waals surface area contributed by atoms with E-state index < -0.39 is 5.97 Å². The zero-order valence-corrected chi connectivity index (χ0v) is 11.4. The van der Waals surface area contributed by atoms with E-state index in [2.05, 4.69) is 17.1 Å². The second-order valence-electron chi connectivity index (χ2n) is 5.06. The van der Waals surface area contributed by atoms with Crippen molar-refractivity contribution in [1.29, 1.82) is 0 Å². The number of rotatable bonds is 5. The SMILES string of the molecule is CCCC[C@H]1CN(c2ccccc2C(=O)O)CCN1. The number of hydrogen-bond acceptors (Lipinski definition) is 3. The van der Waals surface area contributed by atoms with Crippen molar-refractivity contribution in [2.75, 3.05) is 24.5 Å². The summed E-state index contributed by atoms with van der Waals surface area (Å²) in [5.74, 6) is -0.848. The molecule has 1 aliphatic heterocycles. The number of anilines is 1. The van der Waals surface area contributed by atoms with Gasteiger partial charge < -0.3 is 15.3 Å². The number of unbranched alkanes of at least 4 members (excludes halogenated alkanes) is 1. The third-order valence-corrected chi connectivity index (χ3v) is 3.64. The van der Waals surface area contributed by atoms with E-state index in [1.165, 1.54) is 12.8 Å². The van der Waals surface area contributed by atoms with E-state index in [0.717, 1.165) is 31.7 Å². The number of hydrogen-bond donors (Lipinski definition) is 2. The van der Waals surface area contributed by atoms with Gasteiger partial charge in [-0.25, -0.2) is 4.79 Å². The molecule has 0 amide bonds. The summed E-state index contributed by atoms with van der Waals surface area (Å²) in [5.41, 5.74) is 1.25. The fourth-order valence-electron chi connectivity index (χ4n) is 2.62. The van der Waals surface area contributed by atoms with E-state index in [1.54, 1.807) is 12.1 Å². The Balaban J connectivity index is 2.11. The van der Waals surface area contributed by atoms with E-state index in [1.807, 2.05) is 12.1 Å². The minimum Gasteiger partial charge on any atom is -0.478 e. The lowest BCUT2D eigenvalue weighted by Crippen LogP contribution is -2.51. The van der Waals surface area contributed by atoms with Crippen molar-refractivity contribution in [3.05, 3.63) is 29.8 Å². The lowest BCUT2D eigenvalue weighted by molar-refractivity contribution is 0.0697. The number of carbonyl (C=O) groups is 1. The van der Waals surface area contributed by atoms with Crippen LogP contribution in [0.15, 0.2) is 24.3 Å². The summed E-state index contributed by atoms with van der Waals surface area (Å²) in [5, 5.41) is 12.8. The van der Waals surface area contributed by atoms with E-state index in [0.29, 0.717) is 11.6 Å². The highest BCUT2D eigenvalue weighted by Crippen LogP contribution is 2.22. The molecule has 1 fully saturated rings. The Hall–Kier alpha value is -1.55. The van der Waals surface area contributed by atoms with Gasteiger partial charge in [-0.1, -0.05) is 31.9 Å². The van der Waals surface area contributed by atoms with Gasteiger partial charge in [0, 0.05) is 25.7 Å². The number of nitrogens with one attached hydrogen (secondary N) is 1. The quantitative estimate of drug-likeness (QED) is 0.855. The summed E-state index contributed by atoms with van der Waals surface area (Å²) in [6.45, 7) is 4.87. The van der Waals surface area contributed by atoms with E-state index >= 15 is 0 Å². The summed E-state index contributed by atoms with van der Waals surface area (Å²) in [6.07, 6.45) is 3.57. The maximum absolute atomic E-state index is 11.3. The summed E-state index contributed by atoms with van der Waals surface area (Å²) < 4.78 is 0. The summed E-state index contributed by atoms with van der Waals surface area (Å²) in [7, 11) is 0. The van der Waals surface area contributed by atoms with Gasteiger partial charge in [-0.3, -0.25) is 0 Å². The smallest absolute Gasteiger partial charge is 0.337 e. The first-order chi connectivity index (χ1) is 9.22. The minimum atomic E-state index is -0.848. The number of carboxylic acid groups (broad SMARTS) is 1. The molecule has 1 saturated heterocycles. The Bertz CT molecular complexity index is 434. The molecule has 0 saturated carbocycles. The van der Waals surface area contributed by atoms with E-state index in [4.69, 9.17) is 0 Å². The molecule has 1 heterocycles. The molecule has 19 heavy (non-hydrogen) atoms. The van der Waals surface area contributed by atoms with Gasteiger partial charge in [0.1, 0.15) is 0 Å². The van der Waals surface area contributed by atoms with E-state index in [-0.39, 0.29) is 0 Å². The lowest BCUT2D eigenvalue weighted by Gasteiger charge is -2.36. The fourth-order valence-corrected chi connectivity index (χ4v) is 2.62. The highest BCUT2D eigenvalue weighted by molar-refractivity contribution is 5.94. The van der Waals surface area contributed by atoms with Crippen LogP contribution in [-0.4, -0.2) is 36.8 Å². The van der Waals surface area contributed by atoms with Crippen molar-refractivity contribution in [2.24, 2.45) is 0 Å². The third-order valence-electron chi connectivity index (χ3n) is 3.64. The third kappa shape index (κ3) is 3.47. The molecule has 0 bridgehead atoms. The average Bonchev–Trinajstić information content (AvgIpc) is 2.45. The molecule has 0 spiro atoms. The van der Waals surface area contributed by atoms with Crippen molar-refractivity contribution in [3.8, 4) is 0 Å². The van der Waals surface area contributed by atoms with Crippen LogP contribution in [0.4, 0.5) is 5.69 Å². The van der Waals surface area contributed by atoms with Crippen LogP contribution in [0.1, 0.15) is 36.5 Å². The Morgan fingerprint density at radius 3 is 3.00 bits per heavy atom. The molecule has 0 aromatic heterocycles. The molecule has 104 valence electrons. The molecular weight excluding hydrogens is 240 g/mol. The van der Waals surface area contributed by atoms with Crippen LogP contribution < -0.4 is 10.2 Å². The molecule has 4 nitrogen and oxygen atoms in total. The summed E-state index contributed by atoms with van der Waals surface area (Å²) >= 11 is 0. The first-order valence-corrected chi connectivity index (χ1v) is 7.03. The zero-order chi connectivity index (χ0) is 13.7. The Labute approximate surface area is 114 Å². The molecule has 1 aromatic rings. The van der Waals surface area contributed by atoms with Gasteiger partial charge in [0.05, 0.1) is 11.3 Å². The van der Waals surface area contributed by atoms with Gasteiger partial charge in [0.25, 0.3) is 0 Å². The standard InChI is InChI=1S/C15H22N2O2/c1-2-3-6-12-11-17(10-9-16-12)14-8-5-4-7-13(14)15(18)19/h4-5,7-8,12,16H,2-3,6,9-11H2,1H3,(H,18,19)/t12-/m0/s1. The maximum Gasteiger partial charge on any atom is 0.337 e. The number of para-hydroxylation sites is 1. The average molecular weight is 262 g/mol. The molecular formula is C15H22N2O2. The largest absolute Gasteiger partial charge is 0.478 e. The molecule has 2 N–H and O–H groups in total. The van der Waals surface area contributed by atoms with Crippen LogP contribution >= 0.6 is 0 Å². The predicted octanol–water partition coefficient (Wildman–Crippen LogP) is 2.35. The first kappa shape index (κ1) is 13.9.